The maximum atomic E-state index is 12.9. The molecule has 1 amide bonds. The highest BCUT2D eigenvalue weighted by Gasteiger charge is 2.23. The first-order chi connectivity index (χ1) is 19.6. The Morgan fingerprint density at radius 1 is 0.732 bits per heavy atom. The maximum absolute atomic E-state index is 12.9. The number of sulfonamides is 2. The second-order valence-electron chi connectivity index (χ2n) is 9.46. The van der Waals surface area contributed by atoms with Crippen LogP contribution in [0.4, 0.5) is 5.69 Å². The molecule has 1 unspecified atom stereocenters. The van der Waals surface area contributed by atoms with Gasteiger partial charge in [0.05, 0.1) is 22.4 Å². The molecular formula is C30H31N3O6S2. The number of carbonyl (C=O) groups excluding carboxylic acids is 2. The van der Waals surface area contributed by atoms with Crippen LogP contribution in [-0.4, -0.2) is 41.1 Å². The number of hydrogen-bond acceptors (Lipinski definition) is 6. The van der Waals surface area contributed by atoms with E-state index in [4.69, 9.17) is 0 Å². The lowest BCUT2D eigenvalue weighted by Crippen LogP contribution is -2.45. The predicted octanol–water partition coefficient (Wildman–Crippen LogP) is 4.48. The number of anilines is 1. The van der Waals surface area contributed by atoms with Gasteiger partial charge in [0.15, 0.2) is 5.78 Å². The van der Waals surface area contributed by atoms with E-state index in [1.54, 1.807) is 30.3 Å². The molecule has 0 heterocycles. The van der Waals surface area contributed by atoms with Gasteiger partial charge in [0.1, 0.15) is 0 Å². The number of fused-ring (bicyclic) bond motifs is 1. The van der Waals surface area contributed by atoms with Crippen molar-refractivity contribution in [2.24, 2.45) is 0 Å². The standard InChI is InChI=1S/C30H31N3O6S2/c1-2-3-13-28(29(34)21-31-40(36,37)26-11-5-4-6-12-26)32-30(35)23-14-17-25(18-15-23)33-41(38,39)27-19-16-22-9-7-8-10-24(22)20-27/h4-12,14-20,28,31,33H,2-3,13,21H2,1H3,(H,32,35). The minimum atomic E-state index is -3.88. The van der Waals surface area contributed by atoms with Crippen LogP contribution in [-0.2, 0) is 24.8 Å². The zero-order valence-corrected chi connectivity index (χ0v) is 24.0. The Bertz CT molecular complexity index is 1740. The SMILES string of the molecule is CCCCC(NC(=O)c1ccc(NS(=O)(=O)c2ccc3ccccc3c2)cc1)C(=O)CNS(=O)(=O)c1ccccc1. The second kappa shape index (κ2) is 13.1. The van der Waals surface area contributed by atoms with Crippen LogP contribution in [0, 0.1) is 0 Å². The second-order valence-corrected chi connectivity index (χ2v) is 12.9. The number of hydrogen-bond donors (Lipinski definition) is 3. The summed E-state index contributed by atoms with van der Waals surface area (Å²) in [5, 5.41) is 4.41. The first-order valence-corrected chi connectivity index (χ1v) is 16.1. The minimum absolute atomic E-state index is 0.0401. The Labute approximate surface area is 240 Å². The molecule has 0 aromatic heterocycles. The van der Waals surface area contributed by atoms with E-state index in [0.29, 0.717) is 12.8 Å². The van der Waals surface area contributed by atoms with Crippen molar-refractivity contribution < 1.29 is 26.4 Å². The number of rotatable bonds is 13. The van der Waals surface area contributed by atoms with Crippen molar-refractivity contribution in [2.45, 2.75) is 42.0 Å². The van der Waals surface area contributed by atoms with Gasteiger partial charge in [0.25, 0.3) is 15.9 Å². The third-order valence-corrected chi connectivity index (χ3v) is 9.26. The smallest absolute Gasteiger partial charge is 0.261 e. The molecule has 4 aromatic rings. The number of benzene rings is 4. The number of Topliss-reactive ketones (excluding diaryl/α,β-unsaturated/α-hetero) is 1. The molecule has 0 fully saturated rings. The van der Waals surface area contributed by atoms with Crippen LogP contribution < -0.4 is 14.8 Å². The summed E-state index contributed by atoms with van der Waals surface area (Å²) in [4.78, 5) is 26.0. The van der Waals surface area contributed by atoms with E-state index in [1.165, 1.54) is 42.5 Å². The maximum Gasteiger partial charge on any atom is 0.261 e. The van der Waals surface area contributed by atoms with Crippen molar-refractivity contribution in [1.82, 2.24) is 10.0 Å². The summed E-state index contributed by atoms with van der Waals surface area (Å²) >= 11 is 0. The number of carbonyl (C=O) groups is 2. The Balaban J connectivity index is 1.40. The third-order valence-electron chi connectivity index (χ3n) is 6.46. The highest BCUT2D eigenvalue weighted by molar-refractivity contribution is 7.92. The van der Waals surface area contributed by atoms with E-state index in [-0.39, 0.29) is 21.0 Å². The van der Waals surface area contributed by atoms with E-state index in [1.807, 2.05) is 31.2 Å². The zero-order chi connectivity index (χ0) is 29.5. The lowest BCUT2D eigenvalue weighted by molar-refractivity contribution is -0.120. The monoisotopic (exact) mass is 593 g/mol. The molecule has 0 bridgehead atoms. The van der Waals surface area contributed by atoms with Gasteiger partial charge in [-0.25, -0.2) is 21.6 Å². The Hall–Kier alpha value is -4.06. The zero-order valence-electron chi connectivity index (χ0n) is 22.4. The normalized spacial score (nSPS) is 12.5. The van der Waals surface area contributed by atoms with Crippen LogP contribution >= 0.6 is 0 Å². The van der Waals surface area contributed by atoms with Gasteiger partial charge in [-0.1, -0.05) is 68.3 Å². The molecule has 4 rings (SSSR count). The molecule has 0 radical (unpaired) electrons. The van der Waals surface area contributed by atoms with Crippen LogP contribution in [0.3, 0.4) is 0 Å². The van der Waals surface area contributed by atoms with Crippen molar-refractivity contribution in [3.8, 4) is 0 Å². The van der Waals surface area contributed by atoms with Gasteiger partial charge < -0.3 is 5.32 Å². The molecule has 9 nitrogen and oxygen atoms in total. The fraction of sp³-hybridized carbons (Fsp3) is 0.200. The van der Waals surface area contributed by atoms with Gasteiger partial charge in [0, 0.05) is 11.3 Å². The number of nitrogens with one attached hydrogen (secondary N) is 3. The van der Waals surface area contributed by atoms with Crippen LogP contribution in [0.1, 0.15) is 36.5 Å². The largest absolute Gasteiger partial charge is 0.342 e. The van der Waals surface area contributed by atoms with Crippen molar-refractivity contribution >= 4 is 48.2 Å². The van der Waals surface area contributed by atoms with E-state index in [9.17, 15) is 26.4 Å². The molecule has 0 aliphatic heterocycles. The molecular weight excluding hydrogens is 562 g/mol. The summed E-state index contributed by atoms with van der Waals surface area (Å²) in [6.07, 6.45) is 1.77. The highest BCUT2D eigenvalue weighted by atomic mass is 32.2. The number of amides is 1. The van der Waals surface area contributed by atoms with Gasteiger partial charge in [-0.3, -0.25) is 14.3 Å². The minimum Gasteiger partial charge on any atom is -0.342 e. The highest BCUT2D eigenvalue weighted by Crippen LogP contribution is 2.22. The first-order valence-electron chi connectivity index (χ1n) is 13.1. The number of ketones is 1. The predicted molar refractivity (Wildman–Crippen MR) is 159 cm³/mol. The van der Waals surface area contributed by atoms with Gasteiger partial charge in [-0.15, -0.1) is 0 Å². The molecule has 0 saturated carbocycles. The van der Waals surface area contributed by atoms with Gasteiger partial charge >= 0.3 is 0 Å². The molecule has 0 saturated heterocycles. The molecule has 0 aliphatic rings. The van der Waals surface area contributed by atoms with Crippen LogP contribution in [0.15, 0.2) is 107 Å². The Morgan fingerprint density at radius 2 is 1.39 bits per heavy atom. The van der Waals surface area contributed by atoms with Crippen molar-refractivity contribution in [3.63, 3.8) is 0 Å². The van der Waals surface area contributed by atoms with E-state index in [2.05, 4.69) is 14.8 Å². The van der Waals surface area contributed by atoms with Crippen molar-refractivity contribution in [1.29, 1.82) is 0 Å². The van der Waals surface area contributed by atoms with Gasteiger partial charge in [-0.2, -0.15) is 0 Å². The average molecular weight is 594 g/mol. The molecule has 0 aliphatic carbocycles. The fourth-order valence-electron chi connectivity index (χ4n) is 4.17. The van der Waals surface area contributed by atoms with Crippen LogP contribution in [0.2, 0.25) is 0 Å². The molecule has 41 heavy (non-hydrogen) atoms. The molecule has 3 N–H and O–H groups in total. The van der Waals surface area contributed by atoms with Crippen molar-refractivity contribution in [3.05, 3.63) is 103 Å². The van der Waals surface area contributed by atoms with E-state index in [0.717, 1.165) is 17.2 Å². The lowest BCUT2D eigenvalue weighted by Gasteiger charge is -2.18. The Kier molecular flexibility index (Phi) is 9.53. The van der Waals surface area contributed by atoms with Crippen LogP contribution in [0.5, 0.6) is 0 Å². The molecule has 0 spiro atoms. The summed E-state index contributed by atoms with van der Waals surface area (Å²) < 4.78 is 55.7. The first kappa shape index (κ1) is 29.9. The van der Waals surface area contributed by atoms with Gasteiger partial charge in [-0.05, 0) is 65.7 Å². The summed E-state index contributed by atoms with van der Waals surface area (Å²) in [5.41, 5.74) is 0.487. The number of unbranched alkanes of at least 4 members (excludes halogenated alkanes) is 1. The molecule has 214 valence electrons. The summed E-state index contributed by atoms with van der Waals surface area (Å²) in [6.45, 7) is 1.47. The van der Waals surface area contributed by atoms with Crippen LogP contribution in [0.25, 0.3) is 10.8 Å². The molecule has 11 heteroatoms. The topological polar surface area (TPSA) is 139 Å². The summed E-state index contributed by atoms with van der Waals surface area (Å²) in [5.74, 6) is -1.000. The quantitative estimate of drug-likeness (QED) is 0.209. The average Bonchev–Trinajstić information content (AvgIpc) is 2.98. The summed E-state index contributed by atoms with van der Waals surface area (Å²) in [6, 6.07) is 24.9. The van der Waals surface area contributed by atoms with E-state index >= 15 is 0 Å². The van der Waals surface area contributed by atoms with Crippen molar-refractivity contribution in [2.75, 3.05) is 11.3 Å². The molecule has 1 atom stereocenters. The lowest BCUT2D eigenvalue weighted by atomic mass is 10.0. The van der Waals surface area contributed by atoms with E-state index < -0.39 is 44.3 Å². The Morgan fingerprint density at radius 3 is 2.07 bits per heavy atom. The fourth-order valence-corrected chi connectivity index (χ4v) is 6.28. The molecule has 4 aromatic carbocycles. The third kappa shape index (κ3) is 7.78. The summed E-state index contributed by atoms with van der Waals surface area (Å²) in [7, 11) is -7.75. The van der Waals surface area contributed by atoms with Gasteiger partial charge in [0.2, 0.25) is 10.0 Å².